The third kappa shape index (κ3) is 4.84. The molecule has 8 heteroatoms. The Morgan fingerprint density at radius 1 is 0.848 bits per heavy atom. The zero-order valence-electron chi connectivity index (χ0n) is 19.1. The van der Waals surface area contributed by atoms with Gasteiger partial charge in [-0.25, -0.2) is 4.68 Å². The topological polar surface area (TPSA) is 76.9 Å². The number of carbonyl (C=O) groups excluding carboxylic acids is 1. The molecule has 3 aromatic rings. The minimum Gasteiger partial charge on any atom is -0.497 e. The molecule has 2 aromatic carbocycles. The van der Waals surface area contributed by atoms with Gasteiger partial charge in [-0.3, -0.25) is 9.59 Å². The first kappa shape index (κ1) is 22.4. The maximum Gasteiger partial charge on any atom is 0.267 e. The fourth-order valence-electron chi connectivity index (χ4n) is 3.97. The first-order valence-corrected chi connectivity index (χ1v) is 10.9. The predicted octanol–water partition coefficient (Wildman–Crippen LogP) is 2.84. The number of methoxy groups -OCH3 is 2. The monoisotopic (exact) mass is 448 g/mol. The number of carbonyl (C=O) groups is 1. The van der Waals surface area contributed by atoms with E-state index < -0.39 is 6.04 Å². The summed E-state index contributed by atoms with van der Waals surface area (Å²) in [4.78, 5) is 29.7. The summed E-state index contributed by atoms with van der Waals surface area (Å²) in [7, 11) is 3.25. The van der Waals surface area contributed by atoms with Gasteiger partial charge >= 0.3 is 0 Å². The largest absolute Gasteiger partial charge is 0.497 e. The van der Waals surface area contributed by atoms with Gasteiger partial charge in [-0.2, -0.15) is 5.10 Å². The molecule has 4 rings (SSSR count). The average molecular weight is 449 g/mol. The van der Waals surface area contributed by atoms with Gasteiger partial charge in [0.1, 0.15) is 17.5 Å². The van der Waals surface area contributed by atoms with Crippen molar-refractivity contribution in [1.29, 1.82) is 0 Å². The number of anilines is 1. The minimum atomic E-state index is -0.691. The van der Waals surface area contributed by atoms with Crippen molar-refractivity contribution in [2.24, 2.45) is 0 Å². The summed E-state index contributed by atoms with van der Waals surface area (Å²) in [5, 5.41) is 4.49. The van der Waals surface area contributed by atoms with Gasteiger partial charge in [0.25, 0.3) is 5.56 Å². The molecule has 1 atom stereocenters. The zero-order valence-corrected chi connectivity index (χ0v) is 19.1. The van der Waals surface area contributed by atoms with Crippen LogP contribution >= 0.6 is 0 Å². The summed E-state index contributed by atoms with van der Waals surface area (Å²) in [6.45, 7) is 4.34. The van der Waals surface area contributed by atoms with Crippen LogP contribution in [0.3, 0.4) is 0 Å². The maximum atomic E-state index is 13.2. The molecular formula is C25H28N4O4. The summed E-state index contributed by atoms with van der Waals surface area (Å²) in [5.41, 5.74) is 2.27. The SMILES string of the molecule is COc1ccc(-c2ccc(=O)n(C(C)C(=O)N3CCN(c4ccc(OC)cc4)CC3)n2)cc1. The number of hydrogen-bond acceptors (Lipinski definition) is 6. The van der Waals surface area contributed by atoms with Crippen LogP contribution in [-0.2, 0) is 4.79 Å². The molecule has 1 saturated heterocycles. The highest BCUT2D eigenvalue weighted by atomic mass is 16.5. The number of hydrogen-bond donors (Lipinski definition) is 0. The van der Waals surface area contributed by atoms with Crippen LogP contribution in [0.2, 0.25) is 0 Å². The van der Waals surface area contributed by atoms with E-state index in [1.54, 1.807) is 32.1 Å². The Kier molecular flexibility index (Phi) is 6.63. The molecule has 2 heterocycles. The van der Waals surface area contributed by atoms with Crippen LogP contribution in [0.5, 0.6) is 11.5 Å². The highest BCUT2D eigenvalue weighted by Crippen LogP contribution is 2.22. The van der Waals surface area contributed by atoms with Crippen molar-refractivity contribution in [3.8, 4) is 22.8 Å². The van der Waals surface area contributed by atoms with Gasteiger partial charge in [-0.15, -0.1) is 0 Å². The predicted molar refractivity (Wildman–Crippen MR) is 127 cm³/mol. The van der Waals surface area contributed by atoms with Crippen LogP contribution in [0.1, 0.15) is 13.0 Å². The van der Waals surface area contributed by atoms with E-state index in [0.29, 0.717) is 18.8 Å². The molecule has 1 aromatic heterocycles. The number of ether oxygens (including phenoxy) is 2. The van der Waals surface area contributed by atoms with Crippen molar-refractivity contribution in [2.45, 2.75) is 13.0 Å². The fourth-order valence-corrected chi connectivity index (χ4v) is 3.97. The summed E-state index contributed by atoms with van der Waals surface area (Å²) in [6.07, 6.45) is 0. The van der Waals surface area contributed by atoms with E-state index in [4.69, 9.17) is 9.47 Å². The van der Waals surface area contributed by atoms with E-state index in [1.165, 1.54) is 10.7 Å². The second-order valence-electron chi connectivity index (χ2n) is 7.92. The minimum absolute atomic E-state index is 0.106. The van der Waals surface area contributed by atoms with Crippen molar-refractivity contribution in [1.82, 2.24) is 14.7 Å². The van der Waals surface area contributed by atoms with E-state index in [0.717, 1.165) is 35.8 Å². The maximum absolute atomic E-state index is 13.2. The van der Waals surface area contributed by atoms with E-state index in [-0.39, 0.29) is 11.5 Å². The van der Waals surface area contributed by atoms with Crippen molar-refractivity contribution >= 4 is 11.6 Å². The molecule has 1 unspecified atom stereocenters. The molecular weight excluding hydrogens is 420 g/mol. The lowest BCUT2D eigenvalue weighted by Gasteiger charge is -2.37. The van der Waals surface area contributed by atoms with Crippen molar-refractivity contribution < 1.29 is 14.3 Å². The Morgan fingerprint density at radius 2 is 1.42 bits per heavy atom. The molecule has 1 aliphatic rings. The number of nitrogens with zero attached hydrogens (tertiary/aromatic N) is 4. The van der Waals surface area contributed by atoms with Crippen LogP contribution in [0.4, 0.5) is 5.69 Å². The van der Waals surface area contributed by atoms with Crippen molar-refractivity contribution in [2.75, 3.05) is 45.3 Å². The van der Waals surface area contributed by atoms with Gasteiger partial charge in [0.2, 0.25) is 5.91 Å². The summed E-state index contributed by atoms with van der Waals surface area (Å²) in [6, 6.07) is 17.8. The number of piperazine rings is 1. The molecule has 172 valence electrons. The number of aromatic nitrogens is 2. The Morgan fingerprint density at radius 3 is 2.00 bits per heavy atom. The normalized spacial score (nSPS) is 14.6. The zero-order chi connectivity index (χ0) is 23.4. The number of amides is 1. The van der Waals surface area contributed by atoms with Gasteiger partial charge in [0, 0.05) is 43.5 Å². The molecule has 0 spiro atoms. The number of benzene rings is 2. The van der Waals surface area contributed by atoms with Crippen LogP contribution in [0.25, 0.3) is 11.3 Å². The molecule has 8 nitrogen and oxygen atoms in total. The molecule has 1 amide bonds. The summed E-state index contributed by atoms with van der Waals surface area (Å²) in [5.74, 6) is 1.45. The van der Waals surface area contributed by atoms with Crippen molar-refractivity contribution in [3.05, 3.63) is 71.0 Å². The van der Waals surface area contributed by atoms with E-state index >= 15 is 0 Å². The first-order valence-electron chi connectivity index (χ1n) is 10.9. The average Bonchev–Trinajstić information content (AvgIpc) is 2.88. The lowest BCUT2D eigenvalue weighted by atomic mass is 10.1. The van der Waals surface area contributed by atoms with Gasteiger partial charge in [-0.05, 0) is 61.5 Å². The van der Waals surface area contributed by atoms with Crippen LogP contribution in [0, 0.1) is 0 Å². The standard InChI is InChI=1S/C25H28N4O4/c1-18(29-24(30)13-12-23(26-29)19-4-8-21(32-2)9-5-19)25(31)28-16-14-27(15-17-28)20-6-10-22(33-3)11-7-20/h4-13,18H,14-17H2,1-3H3. The first-order chi connectivity index (χ1) is 16.0. The van der Waals surface area contributed by atoms with E-state index in [9.17, 15) is 9.59 Å². The molecule has 0 aliphatic carbocycles. The lowest BCUT2D eigenvalue weighted by Crippen LogP contribution is -2.51. The third-order valence-electron chi connectivity index (χ3n) is 5.96. The fraction of sp³-hybridized carbons (Fsp3) is 0.320. The molecule has 0 bridgehead atoms. The van der Waals surface area contributed by atoms with E-state index in [2.05, 4.69) is 10.00 Å². The smallest absolute Gasteiger partial charge is 0.267 e. The Balaban J connectivity index is 1.45. The van der Waals surface area contributed by atoms with Gasteiger partial charge in [0.05, 0.1) is 19.9 Å². The molecule has 1 aliphatic heterocycles. The van der Waals surface area contributed by atoms with Crippen LogP contribution in [0.15, 0.2) is 65.5 Å². The van der Waals surface area contributed by atoms with Crippen LogP contribution in [-0.4, -0.2) is 61.0 Å². The molecule has 0 radical (unpaired) electrons. The van der Waals surface area contributed by atoms with Gasteiger partial charge in [0.15, 0.2) is 0 Å². The quantitative estimate of drug-likeness (QED) is 0.577. The lowest BCUT2D eigenvalue weighted by molar-refractivity contribution is -0.135. The third-order valence-corrected chi connectivity index (χ3v) is 5.96. The van der Waals surface area contributed by atoms with Crippen LogP contribution < -0.4 is 19.9 Å². The highest BCUT2D eigenvalue weighted by molar-refractivity contribution is 5.80. The Labute approximate surface area is 193 Å². The Bertz CT molecular complexity index is 1150. The number of rotatable bonds is 6. The van der Waals surface area contributed by atoms with Gasteiger partial charge in [-0.1, -0.05) is 0 Å². The summed E-state index contributed by atoms with van der Waals surface area (Å²) < 4.78 is 11.7. The second-order valence-corrected chi connectivity index (χ2v) is 7.92. The highest BCUT2D eigenvalue weighted by Gasteiger charge is 2.27. The molecule has 0 N–H and O–H groups in total. The Hall–Kier alpha value is -3.81. The van der Waals surface area contributed by atoms with E-state index in [1.807, 2.05) is 48.5 Å². The van der Waals surface area contributed by atoms with Crippen molar-refractivity contribution in [3.63, 3.8) is 0 Å². The molecule has 33 heavy (non-hydrogen) atoms. The second kappa shape index (κ2) is 9.77. The molecule has 0 saturated carbocycles. The summed E-state index contributed by atoms with van der Waals surface area (Å²) >= 11 is 0. The van der Waals surface area contributed by atoms with Gasteiger partial charge < -0.3 is 19.3 Å². The molecule has 1 fully saturated rings.